The quantitative estimate of drug-likeness (QED) is 0.136. The summed E-state index contributed by atoms with van der Waals surface area (Å²) >= 11 is 0. The first kappa shape index (κ1) is 35.3. The molecule has 10 nitrogen and oxygen atoms in total. The van der Waals surface area contributed by atoms with Gasteiger partial charge in [-0.15, -0.1) is 0 Å². The molecule has 0 radical (unpaired) electrons. The summed E-state index contributed by atoms with van der Waals surface area (Å²) in [5, 5.41) is 20.1. The smallest absolute Gasteiger partial charge is 0.387 e. The number of aromatic nitrogens is 2. The second-order valence-corrected chi connectivity index (χ2v) is 13.6. The molecule has 2 aliphatic rings. The van der Waals surface area contributed by atoms with Crippen molar-refractivity contribution in [2.75, 3.05) is 19.6 Å². The number of alkyl halides is 2. The van der Waals surface area contributed by atoms with Gasteiger partial charge in [0.2, 0.25) is 17.6 Å². The Morgan fingerprint density at radius 3 is 2.33 bits per heavy atom. The number of carboxylic acid groups (broad SMARTS) is 1. The molecule has 54 heavy (non-hydrogen) atoms. The first-order valence-corrected chi connectivity index (χ1v) is 17.6. The minimum Gasteiger partial charge on any atom is -0.480 e. The van der Waals surface area contributed by atoms with Crippen molar-refractivity contribution in [2.24, 2.45) is 0 Å². The van der Waals surface area contributed by atoms with Gasteiger partial charge in [-0.25, -0.2) is 14.4 Å². The van der Waals surface area contributed by atoms with E-state index in [-0.39, 0.29) is 58.4 Å². The van der Waals surface area contributed by atoms with Gasteiger partial charge in [-0.1, -0.05) is 24.3 Å². The molecule has 0 saturated carbocycles. The number of fused-ring (bicyclic) bond motifs is 2. The summed E-state index contributed by atoms with van der Waals surface area (Å²) in [6.45, 7) is 1.14. The van der Waals surface area contributed by atoms with Crippen molar-refractivity contribution in [3.05, 3.63) is 88.5 Å². The highest BCUT2D eigenvalue weighted by Crippen LogP contribution is 2.40. The van der Waals surface area contributed by atoms with Gasteiger partial charge < -0.3 is 18.7 Å². The van der Waals surface area contributed by atoms with E-state index in [0.717, 1.165) is 25.9 Å². The molecule has 1 atom stereocenters. The summed E-state index contributed by atoms with van der Waals surface area (Å²) in [6.07, 6.45) is 3.12. The zero-order valence-corrected chi connectivity index (χ0v) is 29.0. The average Bonchev–Trinajstić information content (AvgIpc) is 3.98. The molecule has 2 fully saturated rings. The van der Waals surface area contributed by atoms with Crippen LogP contribution in [-0.4, -0.2) is 63.1 Å². The SMILES string of the molecule is Cc1c(-c2nc3cc(CN4CCC[C@H]4C(=O)O)c(OC(F)F)cc3o2)cccc1-c1cccc(-c2nc3cc(CN4CCCC4)c(F)c(F)c3o2)c1C#N. The van der Waals surface area contributed by atoms with E-state index < -0.39 is 30.3 Å². The van der Waals surface area contributed by atoms with Crippen LogP contribution < -0.4 is 4.74 Å². The number of nitrogens with zero attached hydrogens (tertiary/aromatic N) is 5. The van der Waals surface area contributed by atoms with E-state index in [1.807, 2.05) is 13.0 Å². The molecule has 1 N–H and O–H groups in total. The number of hydrogen-bond acceptors (Lipinski definition) is 9. The van der Waals surface area contributed by atoms with E-state index in [1.165, 1.54) is 12.1 Å². The summed E-state index contributed by atoms with van der Waals surface area (Å²) in [5.74, 6) is -3.07. The zero-order valence-electron chi connectivity index (χ0n) is 29.0. The second kappa shape index (κ2) is 14.2. The number of carboxylic acids is 1. The van der Waals surface area contributed by atoms with Gasteiger partial charge >= 0.3 is 12.6 Å². The van der Waals surface area contributed by atoms with Gasteiger partial charge in [0.1, 0.15) is 28.9 Å². The first-order chi connectivity index (χ1) is 26.1. The molecular formula is C40H33F4N5O5. The molecule has 2 saturated heterocycles. The number of carbonyl (C=O) groups is 1. The van der Waals surface area contributed by atoms with Crippen LogP contribution in [0.2, 0.25) is 0 Å². The van der Waals surface area contributed by atoms with Gasteiger partial charge in [0.05, 0.1) is 11.1 Å². The van der Waals surface area contributed by atoms with Crippen LogP contribution in [0.15, 0.2) is 63.4 Å². The predicted octanol–water partition coefficient (Wildman–Crippen LogP) is 8.67. The number of benzene rings is 4. The van der Waals surface area contributed by atoms with Crippen LogP contribution >= 0.6 is 0 Å². The average molecular weight is 740 g/mol. The molecule has 8 rings (SSSR count). The minimum absolute atomic E-state index is 0.0333. The van der Waals surface area contributed by atoms with Crippen LogP contribution in [0.25, 0.3) is 56.2 Å². The number of rotatable bonds is 10. The van der Waals surface area contributed by atoms with E-state index in [1.54, 1.807) is 41.3 Å². The monoisotopic (exact) mass is 739 g/mol. The Bertz CT molecular complexity index is 2470. The zero-order chi connectivity index (χ0) is 37.7. The highest BCUT2D eigenvalue weighted by Gasteiger charge is 2.32. The van der Waals surface area contributed by atoms with Crippen molar-refractivity contribution < 1.29 is 41.0 Å². The Kier molecular flexibility index (Phi) is 9.29. The Morgan fingerprint density at radius 2 is 1.59 bits per heavy atom. The number of aliphatic carboxylic acids is 1. The number of likely N-dealkylation sites (tertiary alicyclic amines) is 2. The number of oxazole rings is 2. The fourth-order valence-electron chi connectivity index (χ4n) is 7.66. The number of nitriles is 1. The Hall–Kier alpha value is -5.78. The molecule has 4 heterocycles. The maximum atomic E-state index is 15.3. The Morgan fingerprint density at radius 1 is 0.907 bits per heavy atom. The van der Waals surface area contributed by atoms with Crippen LogP contribution in [0.1, 0.15) is 47.9 Å². The molecule has 0 aliphatic carbocycles. The summed E-state index contributed by atoms with van der Waals surface area (Å²) in [6, 6.07) is 16.3. The largest absolute Gasteiger partial charge is 0.480 e. The molecule has 0 unspecified atom stereocenters. The predicted molar refractivity (Wildman–Crippen MR) is 189 cm³/mol. The van der Waals surface area contributed by atoms with Crippen LogP contribution in [0.4, 0.5) is 17.6 Å². The maximum Gasteiger partial charge on any atom is 0.387 e. The number of ether oxygens (including phenoxy) is 1. The summed E-state index contributed by atoms with van der Waals surface area (Å²) in [4.78, 5) is 24.7. The van der Waals surface area contributed by atoms with E-state index >= 15 is 8.78 Å². The first-order valence-electron chi connectivity index (χ1n) is 17.6. The topological polar surface area (TPSA) is 129 Å². The second-order valence-electron chi connectivity index (χ2n) is 13.6. The Labute approximate surface area is 306 Å². The van der Waals surface area contributed by atoms with Crippen LogP contribution in [0.5, 0.6) is 5.75 Å². The van der Waals surface area contributed by atoms with E-state index in [4.69, 9.17) is 13.6 Å². The van der Waals surface area contributed by atoms with Crippen LogP contribution in [-0.2, 0) is 17.9 Å². The molecule has 4 aromatic carbocycles. The lowest BCUT2D eigenvalue weighted by atomic mass is 9.91. The van der Waals surface area contributed by atoms with Crippen LogP contribution in [0, 0.1) is 29.9 Å². The molecule has 2 aliphatic heterocycles. The molecular weight excluding hydrogens is 706 g/mol. The van der Waals surface area contributed by atoms with Gasteiger partial charge in [-0.05, 0) is 87.6 Å². The highest BCUT2D eigenvalue weighted by molar-refractivity contribution is 5.87. The fraction of sp³-hybridized carbons (Fsp3) is 0.300. The molecule has 276 valence electrons. The van der Waals surface area contributed by atoms with Crippen molar-refractivity contribution in [3.63, 3.8) is 0 Å². The lowest BCUT2D eigenvalue weighted by Crippen LogP contribution is -2.35. The molecule has 0 spiro atoms. The third-order valence-electron chi connectivity index (χ3n) is 10.3. The third-order valence-corrected chi connectivity index (χ3v) is 10.3. The van der Waals surface area contributed by atoms with Gasteiger partial charge in [-0.3, -0.25) is 14.6 Å². The van der Waals surface area contributed by atoms with Gasteiger partial charge in [-0.2, -0.15) is 18.4 Å². The lowest BCUT2D eigenvalue weighted by molar-refractivity contribution is -0.142. The van der Waals surface area contributed by atoms with E-state index in [9.17, 15) is 23.9 Å². The van der Waals surface area contributed by atoms with Crippen molar-refractivity contribution in [1.82, 2.24) is 19.8 Å². The summed E-state index contributed by atoms with van der Waals surface area (Å²) in [7, 11) is 0. The molecule has 14 heteroatoms. The number of hydrogen-bond donors (Lipinski definition) is 1. The highest BCUT2D eigenvalue weighted by atomic mass is 19.3. The maximum absolute atomic E-state index is 15.3. The molecule has 2 aromatic heterocycles. The third kappa shape index (κ3) is 6.43. The van der Waals surface area contributed by atoms with Crippen LogP contribution in [0.3, 0.4) is 0 Å². The normalized spacial score (nSPS) is 16.6. The van der Waals surface area contributed by atoms with Gasteiger partial charge in [0.25, 0.3) is 0 Å². The van der Waals surface area contributed by atoms with E-state index in [0.29, 0.717) is 58.3 Å². The molecule has 0 amide bonds. The Balaban J connectivity index is 1.15. The van der Waals surface area contributed by atoms with Gasteiger partial charge in [0, 0.05) is 41.4 Å². The van der Waals surface area contributed by atoms with Crippen molar-refractivity contribution in [3.8, 4) is 45.9 Å². The van der Waals surface area contributed by atoms with Crippen molar-refractivity contribution in [2.45, 2.75) is 58.3 Å². The molecule has 6 aromatic rings. The van der Waals surface area contributed by atoms with Gasteiger partial charge in [0.15, 0.2) is 17.0 Å². The molecule has 0 bridgehead atoms. The minimum atomic E-state index is -3.12. The standard InChI is InChI=1S/C40H33F4N5O5/c1-21-24(26-9-5-10-27(28(26)18-45)38-47-30-16-23(19-48-12-2-3-13-48)34(41)35(42)36(30)54-38)7-4-8-25(21)37-46-29-15-22(20-49-14-6-11-31(49)39(50)51)32(53-40(43)44)17-33(29)52-37/h4-5,7-10,15-17,31,40H,2-3,6,11-14,19-20H2,1H3,(H,50,51)/t31-/m0/s1. The summed E-state index contributed by atoms with van der Waals surface area (Å²) < 4.78 is 74.1. The number of halogens is 4. The van der Waals surface area contributed by atoms with Crippen molar-refractivity contribution in [1.29, 1.82) is 5.26 Å². The van der Waals surface area contributed by atoms with E-state index in [2.05, 4.69) is 20.9 Å². The van der Waals surface area contributed by atoms with Crippen molar-refractivity contribution >= 4 is 28.2 Å². The summed E-state index contributed by atoms with van der Waals surface area (Å²) in [5.41, 5.74) is 3.80. The fourth-order valence-corrected chi connectivity index (χ4v) is 7.66. The lowest BCUT2D eigenvalue weighted by Gasteiger charge is -2.22.